The number of aliphatic carboxylic acids is 1. The number of benzene rings is 1. The molecule has 0 radical (unpaired) electrons. The lowest BCUT2D eigenvalue weighted by Crippen LogP contribution is -2.44. The van der Waals surface area contributed by atoms with Crippen LogP contribution in [0.2, 0.25) is 0 Å². The summed E-state index contributed by atoms with van der Waals surface area (Å²) in [5, 5.41) is 17.6. The van der Waals surface area contributed by atoms with Crippen molar-refractivity contribution in [1.29, 1.82) is 5.26 Å². The predicted octanol–water partition coefficient (Wildman–Crippen LogP) is 0.0773. The Morgan fingerprint density at radius 3 is 2.80 bits per heavy atom. The number of rotatable bonds is 7. The molecule has 0 fully saturated rings. The lowest BCUT2D eigenvalue weighted by atomic mass is 10.2. The quantitative estimate of drug-likeness (QED) is 0.736. The summed E-state index contributed by atoms with van der Waals surface area (Å²) in [4.78, 5) is 10.9. The second-order valence-electron chi connectivity index (χ2n) is 4.04. The van der Waals surface area contributed by atoms with Gasteiger partial charge in [0.2, 0.25) is 10.0 Å². The minimum absolute atomic E-state index is 0.271. The second kappa shape index (κ2) is 7.00. The number of sulfonamides is 1. The molecule has 0 spiro atoms. The van der Waals surface area contributed by atoms with Gasteiger partial charge in [-0.05, 0) is 17.7 Å². The Bertz CT molecular complexity index is 621. The van der Waals surface area contributed by atoms with Crippen LogP contribution in [0.25, 0.3) is 0 Å². The molecule has 1 rings (SSSR count). The van der Waals surface area contributed by atoms with Crippen molar-refractivity contribution < 1.29 is 23.1 Å². The number of nitrogens with zero attached hydrogens (tertiary/aromatic N) is 1. The fourth-order valence-corrected chi connectivity index (χ4v) is 2.83. The normalized spacial score (nSPS) is 12.6. The van der Waals surface area contributed by atoms with E-state index in [1.54, 1.807) is 18.2 Å². The first-order valence-electron chi connectivity index (χ1n) is 5.58. The van der Waals surface area contributed by atoms with Gasteiger partial charge in [-0.2, -0.15) is 9.98 Å². The van der Waals surface area contributed by atoms with E-state index in [4.69, 9.17) is 10.4 Å². The van der Waals surface area contributed by atoms with Gasteiger partial charge in [-0.1, -0.05) is 12.1 Å². The summed E-state index contributed by atoms with van der Waals surface area (Å²) >= 11 is 0. The smallest absolute Gasteiger partial charge is 0.324 e. The third-order valence-electron chi connectivity index (χ3n) is 2.37. The van der Waals surface area contributed by atoms with E-state index in [1.807, 2.05) is 10.8 Å². The monoisotopic (exact) mass is 298 g/mol. The Labute approximate surface area is 116 Å². The van der Waals surface area contributed by atoms with Crippen LogP contribution < -0.4 is 4.72 Å². The van der Waals surface area contributed by atoms with Crippen molar-refractivity contribution in [2.75, 3.05) is 13.7 Å². The van der Waals surface area contributed by atoms with E-state index in [1.165, 1.54) is 13.2 Å². The molecule has 20 heavy (non-hydrogen) atoms. The van der Waals surface area contributed by atoms with Crippen molar-refractivity contribution in [3.05, 3.63) is 35.4 Å². The van der Waals surface area contributed by atoms with Crippen molar-refractivity contribution in [1.82, 2.24) is 4.72 Å². The molecule has 0 aliphatic rings. The molecule has 0 saturated carbocycles. The Morgan fingerprint density at radius 2 is 2.25 bits per heavy atom. The summed E-state index contributed by atoms with van der Waals surface area (Å²) in [5.74, 6) is -1.73. The van der Waals surface area contributed by atoms with Crippen molar-refractivity contribution >= 4 is 16.0 Å². The van der Waals surface area contributed by atoms with Crippen LogP contribution in [0.1, 0.15) is 11.1 Å². The van der Waals surface area contributed by atoms with Crippen molar-refractivity contribution in [2.24, 2.45) is 0 Å². The maximum Gasteiger partial charge on any atom is 0.324 e. The zero-order valence-electron chi connectivity index (χ0n) is 10.7. The van der Waals surface area contributed by atoms with Crippen molar-refractivity contribution in [3.63, 3.8) is 0 Å². The molecular formula is C12H14N2O5S. The van der Waals surface area contributed by atoms with Crippen LogP contribution in [0, 0.1) is 11.3 Å². The topological polar surface area (TPSA) is 116 Å². The van der Waals surface area contributed by atoms with Gasteiger partial charge in [-0.3, -0.25) is 4.79 Å². The van der Waals surface area contributed by atoms with Gasteiger partial charge in [0.25, 0.3) is 0 Å². The molecule has 1 aromatic rings. The zero-order valence-corrected chi connectivity index (χ0v) is 11.6. The molecule has 0 bridgehead atoms. The summed E-state index contributed by atoms with van der Waals surface area (Å²) in [7, 11) is -2.57. The van der Waals surface area contributed by atoms with Gasteiger partial charge < -0.3 is 9.84 Å². The van der Waals surface area contributed by atoms with Gasteiger partial charge in [0.15, 0.2) is 0 Å². The van der Waals surface area contributed by atoms with E-state index >= 15 is 0 Å². The Balaban J connectivity index is 2.83. The summed E-state index contributed by atoms with van der Waals surface area (Å²) in [6, 6.07) is 6.66. The third kappa shape index (κ3) is 4.97. The van der Waals surface area contributed by atoms with Crippen LogP contribution >= 0.6 is 0 Å². The number of hydrogen-bond donors (Lipinski definition) is 2. The van der Waals surface area contributed by atoms with E-state index in [9.17, 15) is 13.2 Å². The maximum absolute atomic E-state index is 11.9. The molecule has 0 aliphatic carbocycles. The van der Waals surface area contributed by atoms with E-state index in [2.05, 4.69) is 4.74 Å². The van der Waals surface area contributed by atoms with Crippen LogP contribution in [-0.2, 0) is 25.3 Å². The van der Waals surface area contributed by atoms with Gasteiger partial charge in [0.1, 0.15) is 6.04 Å². The van der Waals surface area contributed by atoms with Crippen molar-refractivity contribution in [3.8, 4) is 6.07 Å². The molecule has 7 nitrogen and oxygen atoms in total. The largest absolute Gasteiger partial charge is 0.480 e. The summed E-state index contributed by atoms with van der Waals surface area (Å²) < 4.78 is 30.4. The Morgan fingerprint density at radius 1 is 1.55 bits per heavy atom. The highest BCUT2D eigenvalue weighted by Gasteiger charge is 2.24. The van der Waals surface area contributed by atoms with Gasteiger partial charge in [0, 0.05) is 7.11 Å². The molecule has 0 heterocycles. The first kappa shape index (κ1) is 16.1. The number of hydrogen-bond acceptors (Lipinski definition) is 5. The number of methoxy groups -OCH3 is 1. The van der Waals surface area contributed by atoms with Gasteiger partial charge in [0.05, 0.1) is 24.0 Å². The molecule has 0 aromatic heterocycles. The Hall–Kier alpha value is -1.95. The summed E-state index contributed by atoms with van der Waals surface area (Å²) in [6.45, 7) is -0.271. The van der Waals surface area contributed by atoms with Gasteiger partial charge >= 0.3 is 5.97 Å². The average Bonchev–Trinajstić information content (AvgIpc) is 2.37. The summed E-state index contributed by atoms with van der Waals surface area (Å²) in [5.41, 5.74) is 0.738. The minimum atomic E-state index is -3.85. The van der Waals surface area contributed by atoms with Gasteiger partial charge in [-0.25, -0.2) is 8.42 Å². The van der Waals surface area contributed by atoms with E-state index in [-0.39, 0.29) is 6.61 Å². The fraction of sp³-hybridized carbons (Fsp3) is 0.333. The van der Waals surface area contributed by atoms with E-state index < -0.39 is 27.8 Å². The summed E-state index contributed by atoms with van der Waals surface area (Å²) in [6.07, 6.45) is 0. The molecule has 0 amide bonds. The molecule has 108 valence electrons. The molecule has 1 aromatic carbocycles. The van der Waals surface area contributed by atoms with Crippen LogP contribution in [0.5, 0.6) is 0 Å². The standard InChI is InChI=1S/C12H14N2O5S/c1-19-7-11(12(15)16)14-20(17,18)8-10-4-2-3-9(5-10)6-13/h2-5,11,14H,7-8H2,1H3,(H,15,16). The number of ether oxygens (including phenoxy) is 1. The number of nitriles is 1. The number of nitrogens with one attached hydrogen (secondary N) is 1. The number of carbonyl (C=O) groups is 1. The van der Waals surface area contributed by atoms with Crippen molar-refractivity contribution in [2.45, 2.75) is 11.8 Å². The molecule has 0 aliphatic heterocycles. The number of carboxylic acid groups (broad SMARTS) is 1. The van der Waals surface area contributed by atoms with Crippen LogP contribution in [-0.4, -0.2) is 39.3 Å². The molecule has 8 heteroatoms. The highest BCUT2D eigenvalue weighted by molar-refractivity contribution is 7.88. The van der Waals surface area contributed by atoms with E-state index in [0.717, 1.165) is 0 Å². The predicted molar refractivity (Wildman–Crippen MR) is 70.2 cm³/mol. The third-order valence-corrected chi connectivity index (χ3v) is 3.72. The molecule has 2 N–H and O–H groups in total. The molecular weight excluding hydrogens is 284 g/mol. The number of carboxylic acids is 1. The first-order valence-corrected chi connectivity index (χ1v) is 7.24. The SMILES string of the molecule is COCC(NS(=O)(=O)Cc1cccc(C#N)c1)C(=O)O. The van der Waals surface area contributed by atoms with Crippen LogP contribution in [0.3, 0.4) is 0 Å². The molecule has 1 unspecified atom stereocenters. The van der Waals surface area contributed by atoms with Crippen LogP contribution in [0.15, 0.2) is 24.3 Å². The lowest BCUT2D eigenvalue weighted by Gasteiger charge is -2.13. The highest BCUT2D eigenvalue weighted by Crippen LogP contribution is 2.08. The maximum atomic E-state index is 11.9. The van der Waals surface area contributed by atoms with E-state index in [0.29, 0.717) is 11.1 Å². The Kier molecular flexibility index (Phi) is 5.64. The highest BCUT2D eigenvalue weighted by atomic mass is 32.2. The fourth-order valence-electron chi connectivity index (χ4n) is 1.53. The van der Waals surface area contributed by atoms with Gasteiger partial charge in [-0.15, -0.1) is 0 Å². The lowest BCUT2D eigenvalue weighted by molar-refractivity contribution is -0.140. The average molecular weight is 298 g/mol. The molecule has 1 atom stereocenters. The zero-order chi connectivity index (χ0) is 15.2. The molecule has 0 saturated heterocycles. The minimum Gasteiger partial charge on any atom is -0.480 e. The van der Waals surface area contributed by atoms with Crippen LogP contribution in [0.4, 0.5) is 0 Å². The first-order chi connectivity index (χ1) is 9.38. The second-order valence-corrected chi connectivity index (χ2v) is 5.79.